The van der Waals surface area contributed by atoms with Gasteiger partial charge < -0.3 is 9.47 Å². The Kier molecular flexibility index (Phi) is 8.12. The summed E-state index contributed by atoms with van der Waals surface area (Å²) in [6, 6.07) is 0. The van der Waals surface area contributed by atoms with Crippen LogP contribution in [0.4, 0.5) is 0 Å². The second-order valence-corrected chi connectivity index (χ2v) is 9.15. The molecule has 0 aliphatic rings. The minimum absolute atomic E-state index is 0.259. The summed E-state index contributed by atoms with van der Waals surface area (Å²) in [5.41, 5.74) is 2.70. The van der Waals surface area contributed by atoms with E-state index < -0.39 is 0 Å². The number of aromatic nitrogens is 4. The normalized spacial score (nSPS) is 11.6. The Morgan fingerprint density at radius 3 is 1.39 bits per heavy atom. The maximum absolute atomic E-state index is 12.8. The lowest BCUT2D eigenvalue weighted by Crippen LogP contribution is -2.11. The molecule has 4 aromatic rings. The molecule has 0 saturated heterocycles. The fourth-order valence-corrected chi connectivity index (χ4v) is 4.44. The van der Waals surface area contributed by atoms with E-state index in [1.807, 2.05) is 0 Å². The molecule has 10 heteroatoms. The number of fused-ring (bicyclic) bond motifs is 5. The Hall–Kier alpha value is -3.56. The highest BCUT2D eigenvalue weighted by Crippen LogP contribution is 2.46. The predicted molar refractivity (Wildman–Crippen MR) is 133 cm³/mol. The van der Waals surface area contributed by atoms with Gasteiger partial charge in [-0.3, -0.25) is 9.59 Å². The van der Waals surface area contributed by atoms with Crippen molar-refractivity contribution in [1.82, 2.24) is 20.6 Å². The van der Waals surface area contributed by atoms with Crippen LogP contribution >= 0.6 is 0 Å². The number of unbranched alkanes of at least 4 members (excludes halogenated alkanes) is 6. The summed E-state index contributed by atoms with van der Waals surface area (Å²) >= 11 is 0. The van der Waals surface area contributed by atoms with Crippen molar-refractivity contribution in [1.29, 1.82) is 0 Å². The Bertz CT molecular complexity index is 1280. The molecule has 0 aliphatic carbocycles. The summed E-state index contributed by atoms with van der Waals surface area (Å²) in [5, 5.41) is 17.1. The standard InChI is InChI=1S/C26H32N4O6/c1-5-7-9-11-13-17(31)33-25-15(3)21-24(30-35-27-21)20-19(25)23-22(28-36-29-23)16(4)26(20)34-18(32)14-12-10-8-6-2/h5-14H2,1-4H3. The fourth-order valence-electron chi connectivity index (χ4n) is 4.44. The zero-order chi connectivity index (χ0) is 25.7. The minimum Gasteiger partial charge on any atom is -0.425 e. The summed E-state index contributed by atoms with van der Waals surface area (Å²) in [4.78, 5) is 25.6. The summed E-state index contributed by atoms with van der Waals surface area (Å²) < 4.78 is 21.9. The molecule has 0 atom stereocenters. The quantitative estimate of drug-likeness (QED) is 0.125. The van der Waals surface area contributed by atoms with Crippen LogP contribution in [0.25, 0.3) is 32.8 Å². The van der Waals surface area contributed by atoms with Gasteiger partial charge >= 0.3 is 11.9 Å². The van der Waals surface area contributed by atoms with E-state index in [0.717, 1.165) is 51.4 Å². The first-order chi connectivity index (χ1) is 17.5. The lowest BCUT2D eigenvalue weighted by molar-refractivity contribution is -0.135. The molecule has 0 aliphatic heterocycles. The van der Waals surface area contributed by atoms with E-state index in [2.05, 4.69) is 34.5 Å². The molecule has 0 bridgehead atoms. The van der Waals surface area contributed by atoms with Crippen LogP contribution in [0.15, 0.2) is 9.26 Å². The molecular weight excluding hydrogens is 464 g/mol. The van der Waals surface area contributed by atoms with Crippen LogP contribution in [0.3, 0.4) is 0 Å². The molecule has 10 nitrogen and oxygen atoms in total. The van der Waals surface area contributed by atoms with Gasteiger partial charge in [0.05, 0.1) is 10.8 Å². The summed E-state index contributed by atoms with van der Waals surface area (Å²) in [6.45, 7) is 7.77. The van der Waals surface area contributed by atoms with Crippen LogP contribution in [-0.2, 0) is 9.59 Å². The fraction of sp³-hybridized carbons (Fsp3) is 0.538. The molecule has 2 heterocycles. The largest absolute Gasteiger partial charge is 0.425 e. The zero-order valence-electron chi connectivity index (χ0n) is 21.3. The Morgan fingerprint density at radius 1 is 0.611 bits per heavy atom. The van der Waals surface area contributed by atoms with Crippen molar-refractivity contribution in [3.8, 4) is 11.5 Å². The van der Waals surface area contributed by atoms with Crippen LogP contribution in [0.1, 0.15) is 89.2 Å². The van der Waals surface area contributed by atoms with Crippen molar-refractivity contribution >= 4 is 44.8 Å². The van der Waals surface area contributed by atoms with Gasteiger partial charge in [-0.25, -0.2) is 9.26 Å². The van der Waals surface area contributed by atoms with Crippen molar-refractivity contribution in [2.45, 2.75) is 91.9 Å². The Balaban J connectivity index is 1.82. The third kappa shape index (κ3) is 5.03. The summed E-state index contributed by atoms with van der Waals surface area (Å²) in [6.07, 6.45) is 8.20. The molecule has 0 amide bonds. The molecule has 2 aromatic heterocycles. The molecule has 4 rings (SSSR count). The van der Waals surface area contributed by atoms with Crippen LogP contribution in [0.2, 0.25) is 0 Å². The van der Waals surface area contributed by atoms with E-state index in [0.29, 0.717) is 44.0 Å². The topological polar surface area (TPSA) is 130 Å². The molecular formula is C26H32N4O6. The monoisotopic (exact) mass is 496 g/mol. The first-order valence-corrected chi connectivity index (χ1v) is 12.7. The third-order valence-electron chi connectivity index (χ3n) is 6.45. The molecule has 192 valence electrons. The van der Waals surface area contributed by atoms with Crippen molar-refractivity contribution in [3.05, 3.63) is 11.1 Å². The molecule has 0 spiro atoms. The number of benzene rings is 2. The predicted octanol–water partition coefficient (Wildman–Crippen LogP) is 6.28. The SMILES string of the molecule is CCCCCCC(=O)Oc1c(C)c2nonc2c2c(OC(=O)CCCCCC)c(C)c3nonc3c12. The smallest absolute Gasteiger partial charge is 0.311 e. The van der Waals surface area contributed by atoms with E-state index >= 15 is 0 Å². The molecule has 0 fully saturated rings. The lowest BCUT2D eigenvalue weighted by Gasteiger charge is -2.16. The molecule has 36 heavy (non-hydrogen) atoms. The van der Waals surface area contributed by atoms with E-state index in [1.54, 1.807) is 13.8 Å². The van der Waals surface area contributed by atoms with Crippen LogP contribution < -0.4 is 9.47 Å². The number of nitrogens with zero attached hydrogens (tertiary/aromatic N) is 4. The highest BCUT2D eigenvalue weighted by Gasteiger charge is 2.29. The minimum atomic E-state index is -0.369. The molecule has 0 N–H and O–H groups in total. The van der Waals surface area contributed by atoms with Crippen molar-refractivity contribution in [3.63, 3.8) is 0 Å². The average Bonchev–Trinajstić information content (AvgIpc) is 3.54. The van der Waals surface area contributed by atoms with Gasteiger partial charge in [0.2, 0.25) is 0 Å². The second kappa shape index (κ2) is 11.5. The van der Waals surface area contributed by atoms with E-state index in [1.165, 1.54) is 0 Å². The van der Waals surface area contributed by atoms with Gasteiger partial charge in [0, 0.05) is 24.0 Å². The highest BCUT2D eigenvalue weighted by atomic mass is 16.6. The summed E-state index contributed by atoms with van der Waals surface area (Å²) in [7, 11) is 0. The van der Waals surface area contributed by atoms with Gasteiger partial charge in [-0.15, -0.1) is 0 Å². The first-order valence-electron chi connectivity index (χ1n) is 12.7. The van der Waals surface area contributed by atoms with Crippen molar-refractivity contribution in [2.24, 2.45) is 0 Å². The third-order valence-corrected chi connectivity index (χ3v) is 6.45. The number of hydrogen-bond acceptors (Lipinski definition) is 10. The van der Waals surface area contributed by atoms with E-state index in [9.17, 15) is 9.59 Å². The average molecular weight is 497 g/mol. The highest BCUT2D eigenvalue weighted by molar-refractivity contribution is 6.22. The lowest BCUT2D eigenvalue weighted by atomic mass is 9.98. The Morgan fingerprint density at radius 2 is 1.00 bits per heavy atom. The number of rotatable bonds is 12. The van der Waals surface area contributed by atoms with Gasteiger partial charge in [-0.2, -0.15) is 0 Å². The first kappa shape index (κ1) is 25.5. The number of ether oxygens (including phenoxy) is 2. The van der Waals surface area contributed by atoms with E-state index in [4.69, 9.17) is 18.7 Å². The number of hydrogen-bond donors (Lipinski definition) is 0. The van der Waals surface area contributed by atoms with Crippen LogP contribution in [-0.4, -0.2) is 32.6 Å². The maximum Gasteiger partial charge on any atom is 0.311 e. The molecule has 2 aromatic carbocycles. The molecule has 0 saturated carbocycles. The van der Waals surface area contributed by atoms with Gasteiger partial charge in [-0.1, -0.05) is 52.4 Å². The number of carbonyl (C=O) groups is 2. The van der Waals surface area contributed by atoms with Crippen LogP contribution in [0, 0.1) is 13.8 Å². The van der Waals surface area contributed by atoms with Crippen molar-refractivity contribution < 1.29 is 28.3 Å². The van der Waals surface area contributed by atoms with Gasteiger partial charge in [-0.05, 0) is 47.3 Å². The maximum atomic E-state index is 12.8. The van der Waals surface area contributed by atoms with E-state index in [-0.39, 0.29) is 36.3 Å². The van der Waals surface area contributed by atoms with Gasteiger partial charge in [0.1, 0.15) is 33.6 Å². The van der Waals surface area contributed by atoms with Gasteiger partial charge in [0.25, 0.3) is 0 Å². The Labute approximate surface area is 208 Å². The molecule has 0 radical (unpaired) electrons. The van der Waals surface area contributed by atoms with Gasteiger partial charge in [0.15, 0.2) is 0 Å². The zero-order valence-corrected chi connectivity index (χ0v) is 21.3. The number of carbonyl (C=O) groups excluding carboxylic acids is 2. The molecule has 0 unspecified atom stereocenters. The number of aryl methyl sites for hydroxylation is 2. The summed E-state index contributed by atoms with van der Waals surface area (Å²) in [5.74, 6) is -0.221. The number of esters is 2. The van der Waals surface area contributed by atoms with Crippen molar-refractivity contribution in [2.75, 3.05) is 0 Å². The second-order valence-electron chi connectivity index (χ2n) is 9.15. The van der Waals surface area contributed by atoms with Crippen LogP contribution in [0.5, 0.6) is 11.5 Å².